The van der Waals surface area contributed by atoms with Crippen molar-refractivity contribution in [2.24, 2.45) is 35.0 Å². The molecule has 134 valence electrons. The molecule has 0 aliphatic heterocycles. The second-order valence-electron chi connectivity index (χ2n) is 10.1. The monoisotopic (exact) mass is 335 g/mol. The van der Waals surface area contributed by atoms with E-state index in [-0.39, 0.29) is 0 Å². The van der Waals surface area contributed by atoms with Gasteiger partial charge in [0.05, 0.1) is 0 Å². The zero-order valence-electron chi connectivity index (χ0n) is 16.5. The van der Waals surface area contributed by atoms with Crippen molar-refractivity contribution < 1.29 is 0 Å². The van der Waals surface area contributed by atoms with E-state index in [4.69, 9.17) is 0 Å². The van der Waals surface area contributed by atoms with E-state index in [1.165, 1.54) is 42.3 Å². The minimum Gasteiger partial charge on any atom is -0.359 e. The fraction of sp³-hybridized carbons (Fsp3) is 0.667. The first kappa shape index (κ1) is 16.0. The fourth-order valence-corrected chi connectivity index (χ4v) is 7.60. The summed E-state index contributed by atoms with van der Waals surface area (Å²) in [6.07, 6.45) is 5.58. The average molecular weight is 336 g/mol. The first-order valence-corrected chi connectivity index (χ1v) is 10.5. The smallest absolute Gasteiger partial charge is 0.0458 e. The molecule has 1 aromatic heterocycles. The summed E-state index contributed by atoms with van der Waals surface area (Å²) in [6.45, 7) is 12.4. The van der Waals surface area contributed by atoms with Crippen molar-refractivity contribution in [3.8, 4) is 0 Å². The molecule has 5 rings (SSSR count). The van der Waals surface area contributed by atoms with Gasteiger partial charge >= 0.3 is 0 Å². The van der Waals surface area contributed by atoms with Crippen LogP contribution in [0.2, 0.25) is 0 Å². The van der Waals surface area contributed by atoms with Gasteiger partial charge in [0.2, 0.25) is 0 Å². The largest absolute Gasteiger partial charge is 0.359 e. The summed E-state index contributed by atoms with van der Waals surface area (Å²) < 4.78 is 0. The van der Waals surface area contributed by atoms with E-state index in [0.29, 0.717) is 5.41 Å². The summed E-state index contributed by atoms with van der Waals surface area (Å²) in [6, 6.07) is 7.21. The lowest BCUT2D eigenvalue weighted by atomic mass is 9.51. The number of hydrogen-bond acceptors (Lipinski definition) is 0. The Kier molecular flexibility index (Phi) is 3.29. The zero-order valence-corrected chi connectivity index (χ0v) is 16.5. The normalized spacial score (nSPS) is 42.9. The second kappa shape index (κ2) is 5.15. The van der Waals surface area contributed by atoms with Crippen LogP contribution in [0.3, 0.4) is 0 Å². The molecule has 1 heterocycles. The van der Waals surface area contributed by atoms with Crippen LogP contribution in [0.25, 0.3) is 10.9 Å². The maximum absolute atomic E-state index is 3.55. The lowest BCUT2D eigenvalue weighted by Gasteiger charge is -2.53. The van der Waals surface area contributed by atoms with Crippen LogP contribution >= 0.6 is 0 Å². The van der Waals surface area contributed by atoms with E-state index < -0.39 is 0 Å². The van der Waals surface area contributed by atoms with Crippen LogP contribution in [-0.2, 0) is 6.42 Å². The molecule has 3 aliphatic carbocycles. The minimum absolute atomic E-state index is 0.576. The molecule has 0 saturated heterocycles. The number of hydrogen-bond donors (Lipinski definition) is 1. The Morgan fingerprint density at radius 3 is 2.72 bits per heavy atom. The molecule has 2 aromatic rings. The summed E-state index contributed by atoms with van der Waals surface area (Å²) in [5.74, 6) is 5.24. The third kappa shape index (κ3) is 2.02. The lowest BCUT2D eigenvalue weighted by molar-refractivity contribution is -0.000117. The Balaban J connectivity index is 1.62. The van der Waals surface area contributed by atoms with Crippen LogP contribution in [-0.4, -0.2) is 4.98 Å². The zero-order chi connectivity index (χ0) is 17.5. The highest BCUT2D eigenvalue weighted by molar-refractivity contribution is 5.85. The van der Waals surface area contributed by atoms with Gasteiger partial charge in [-0.05, 0) is 96.8 Å². The number of aromatic nitrogens is 1. The first-order valence-electron chi connectivity index (χ1n) is 10.5. The highest BCUT2D eigenvalue weighted by atomic mass is 14.7. The summed E-state index contributed by atoms with van der Waals surface area (Å²) in [5, 5.41) is 1.50. The van der Waals surface area contributed by atoms with Crippen molar-refractivity contribution in [3.63, 3.8) is 0 Å². The molecular formula is C24H33N. The molecule has 1 heteroatoms. The number of H-pyrrole nitrogens is 1. The molecule has 0 amide bonds. The van der Waals surface area contributed by atoms with Gasteiger partial charge in [-0.15, -0.1) is 0 Å². The van der Waals surface area contributed by atoms with Gasteiger partial charge in [0, 0.05) is 16.6 Å². The van der Waals surface area contributed by atoms with Gasteiger partial charge in [0.25, 0.3) is 0 Å². The molecule has 0 bridgehead atoms. The molecule has 7 atom stereocenters. The van der Waals surface area contributed by atoms with Crippen molar-refractivity contribution in [2.75, 3.05) is 0 Å². The van der Waals surface area contributed by atoms with Crippen LogP contribution in [0.4, 0.5) is 0 Å². The van der Waals surface area contributed by atoms with Crippen LogP contribution in [0.1, 0.15) is 69.7 Å². The van der Waals surface area contributed by atoms with E-state index in [2.05, 4.69) is 57.8 Å². The summed E-state index contributed by atoms with van der Waals surface area (Å²) in [5.41, 5.74) is 6.58. The Hall–Kier alpha value is -1.24. The summed E-state index contributed by atoms with van der Waals surface area (Å²) in [4.78, 5) is 3.55. The van der Waals surface area contributed by atoms with E-state index in [9.17, 15) is 0 Å². The highest BCUT2D eigenvalue weighted by Crippen LogP contribution is 2.65. The molecule has 2 fully saturated rings. The van der Waals surface area contributed by atoms with E-state index in [1.807, 2.05) is 0 Å². The van der Waals surface area contributed by atoms with E-state index >= 15 is 0 Å². The number of aryl methyl sites for hydroxylation is 2. The summed E-state index contributed by atoms with van der Waals surface area (Å²) >= 11 is 0. The molecule has 2 saturated carbocycles. The molecular weight excluding hydrogens is 302 g/mol. The predicted molar refractivity (Wildman–Crippen MR) is 106 cm³/mol. The average Bonchev–Trinajstić information content (AvgIpc) is 3.06. The van der Waals surface area contributed by atoms with Crippen molar-refractivity contribution in [1.29, 1.82) is 0 Å². The molecule has 1 nitrogen and oxygen atoms in total. The maximum atomic E-state index is 3.55. The molecule has 6 unspecified atom stereocenters. The molecule has 25 heavy (non-hydrogen) atoms. The van der Waals surface area contributed by atoms with Gasteiger partial charge in [0.1, 0.15) is 0 Å². The van der Waals surface area contributed by atoms with Crippen molar-refractivity contribution in [2.45, 2.75) is 66.2 Å². The van der Waals surface area contributed by atoms with Crippen LogP contribution < -0.4 is 0 Å². The van der Waals surface area contributed by atoms with Crippen LogP contribution in [0.5, 0.6) is 0 Å². The fourth-order valence-electron chi connectivity index (χ4n) is 7.60. The predicted octanol–water partition coefficient (Wildman–Crippen LogP) is 6.46. The number of benzene rings is 1. The topological polar surface area (TPSA) is 15.8 Å². The Bertz CT molecular complexity index is 830. The standard InChI is InChI=1S/C24H33N/c1-13-10-21-19-7-6-17-18(8-9-22-20(17)11-15(3)25-22)23(19)14(2)12-24(21,5)16(13)4/h8-9,11,13-14,16,19,21,23,25H,6-7,10,12H2,1-5H3/t13?,14?,16?,19?,21?,23?,24-/m1/s1. The number of aromatic amines is 1. The molecule has 3 aliphatic rings. The molecule has 0 radical (unpaired) electrons. The highest BCUT2D eigenvalue weighted by Gasteiger charge is 2.57. The minimum atomic E-state index is 0.576. The van der Waals surface area contributed by atoms with Crippen molar-refractivity contribution in [3.05, 3.63) is 35.0 Å². The number of fused-ring (bicyclic) bond motifs is 7. The number of nitrogens with one attached hydrogen (secondary N) is 1. The molecule has 0 spiro atoms. The van der Waals surface area contributed by atoms with Gasteiger partial charge in [0.15, 0.2) is 0 Å². The first-order chi connectivity index (χ1) is 11.9. The Morgan fingerprint density at radius 1 is 1.12 bits per heavy atom. The van der Waals surface area contributed by atoms with Crippen LogP contribution in [0, 0.1) is 41.9 Å². The third-order valence-corrected chi connectivity index (χ3v) is 8.89. The van der Waals surface area contributed by atoms with Gasteiger partial charge in [-0.3, -0.25) is 0 Å². The van der Waals surface area contributed by atoms with Crippen molar-refractivity contribution >= 4 is 10.9 Å². The van der Waals surface area contributed by atoms with Gasteiger partial charge < -0.3 is 4.98 Å². The van der Waals surface area contributed by atoms with Gasteiger partial charge in [-0.2, -0.15) is 0 Å². The molecule has 1 aromatic carbocycles. The van der Waals surface area contributed by atoms with Crippen molar-refractivity contribution in [1.82, 2.24) is 4.98 Å². The SMILES string of the molecule is Cc1cc2c3c(ccc2[nH]1)C1C(C)C[C@]2(C)C(C)C(C)CC2C1CC3. The van der Waals surface area contributed by atoms with Gasteiger partial charge in [-0.25, -0.2) is 0 Å². The number of rotatable bonds is 0. The van der Waals surface area contributed by atoms with Gasteiger partial charge in [-0.1, -0.05) is 33.8 Å². The maximum Gasteiger partial charge on any atom is 0.0458 e. The lowest BCUT2D eigenvalue weighted by Crippen LogP contribution is -2.45. The Labute approximate surface area is 152 Å². The quantitative estimate of drug-likeness (QED) is 0.568. The Morgan fingerprint density at radius 2 is 1.92 bits per heavy atom. The summed E-state index contributed by atoms with van der Waals surface area (Å²) in [7, 11) is 0. The molecule has 1 N–H and O–H groups in total. The third-order valence-electron chi connectivity index (χ3n) is 8.89. The van der Waals surface area contributed by atoms with E-state index in [1.54, 1.807) is 11.1 Å². The van der Waals surface area contributed by atoms with Crippen LogP contribution in [0.15, 0.2) is 18.2 Å². The second-order valence-corrected chi connectivity index (χ2v) is 10.1. The van der Waals surface area contributed by atoms with E-state index in [0.717, 1.165) is 35.5 Å².